The topological polar surface area (TPSA) is 75.7 Å². The highest BCUT2D eigenvalue weighted by atomic mass is 19.1. The minimum atomic E-state index is -0.265. The Hall–Kier alpha value is -3.23. The average molecular weight is 502 g/mol. The molecule has 1 aromatic carbocycles. The fraction of sp³-hybridized carbons (Fsp3) is 0.448. The molecule has 3 aromatic rings. The molecule has 1 saturated carbocycles. The number of hydrogen-bond acceptors (Lipinski definition) is 5. The van der Waals surface area contributed by atoms with Gasteiger partial charge in [-0.3, -0.25) is 9.69 Å². The van der Waals surface area contributed by atoms with Gasteiger partial charge in [-0.2, -0.15) is 0 Å². The Morgan fingerprint density at radius 2 is 2.08 bits per heavy atom. The Bertz CT molecular complexity index is 1440. The number of anilines is 1. The Kier molecular flexibility index (Phi) is 5.20. The number of nitrogens with one attached hydrogen (secondary N) is 1. The van der Waals surface area contributed by atoms with Gasteiger partial charge in [0.2, 0.25) is 5.91 Å². The summed E-state index contributed by atoms with van der Waals surface area (Å²) in [4.78, 5) is 27.7. The molecule has 37 heavy (non-hydrogen) atoms. The van der Waals surface area contributed by atoms with Gasteiger partial charge in [-0.25, -0.2) is 9.37 Å². The summed E-state index contributed by atoms with van der Waals surface area (Å²) in [6.45, 7) is 1.14. The van der Waals surface area contributed by atoms with E-state index in [-0.39, 0.29) is 29.9 Å². The number of nitrogens with zero attached hydrogens (tertiary/aromatic N) is 4. The van der Waals surface area contributed by atoms with E-state index in [0.717, 1.165) is 52.8 Å². The standard InChI is InChI=1S/C29H32FN5O2/c1-33-14-24-27-22(23-11-17(30)3-6-25(23)33)7-8-31-29(27)32-28(24)16-9-18-4-5-19(10-16)35(18)15-26(37)34(2)20-12-21(36)13-20/h3,6-9,11,18-21,36H,4-5,10,12-15H2,1-2H3,(H,31,32)/t18-,19+,20?,21?/m1/s1. The Morgan fingerprint density at radius 3 is 2.86 bits per heavy atom. The quantitative estimate of drug-likeness (QED) is 0.567. The summed E-state index contributed by atoms with van der Waals surface area (Å²) in [7, 11) is 3.93. The van der Waals surface area contributed by atoms with Crippen molar-refractivity contribution in [2.45, 2.75) is 62.9 Å². The van der Waals surface area contributed by atoms with E-state index in [2.05, 4.69) is 32.9 Å². The van der Waals surface area contributed by atoms with Crippen molar-refractivity contribution in [2.75, 3.05) is 25.5 Å². The zero-order chi connectivity index (χ0) is 25.4. The molecular weight excluding hydrogens is 469 g/mol. The van der Waals surface area contributed by atoms with Gasteiger partial charge in [0.25, 0.3) is 0 Å². The van der Waals surface area contributed by atoms with Gasteiger partial charge in [0, 0.05) is 72.9 Å². The molecule has 7 rings (SSSR count). The number of pyridine rings is 1. The van der Waals surface area contributed by atoms with E-state index in [1.807, 2.05) is 24.1 Å². The van der Waals surface area contributed by atoms with Crippen molar-refractivity contribution in [1.82, 2.24) is 19.8 Å². The van der Waals surface area contributed by atoms with Crippen LogP contribution >= 0.6 is 0 Å². The highest BCUT2D eigenvalue weighted by Crippen LogP contribution is 2.45. The maximum absolute atomic E-state index is 14.3. The molecule has 1 saturated heterocycles. The number of H-pyrrole nitrogens is 1. The molecule has 8 heteroatoms. The molecule has 0 unspecified atom stereocenters. The predicted molar refractivity (Wildman–Crippen MR) is 142 cm³/mol. The Labute approximate surface area is 215 Å². The van der Waals surface area contributed by atoms with Crippen LogP contribution in [0.1, 0.15) is 43.4 Å². The van der Waals surface area contributed by atoms with E-state index in [1.165, 1.54) is 17.2 Å². The van der Waals surface area contributed by atoms with Crippen LogP contribution in [0.15, 0.2) is 36.5 Å². The number of halogens is 1. The SMILES string of the molecule is CN1Cc2c(C3=C[C@H]4CC[C@@H](C3)N4CC(=O)N(C)C3CC(O)C3)[nH]c3nccc(c23)-c2cc(F)ccc21. The number of aliphatic hydroxyl groups excluding tert-OH is 1. The normalized spacial score (nSPS) is 26.5. The molecule has 3 aliphatic heterocycles. The number of hydrogen-bond donors (Lipinski definition) is 2. The first kappa shape index (κ1) is 22.9. The van der Waals surface area contributed by atoms with Gasteiger partial charge in [-0.15, -0.1) is 0 Å². The van der Waals surface area contributed by atoms with Crippen molar-refractivity contribution in [1.29, 1.82) is 0 Å². The van der Waals surface area contributed by atoms with Gasteiger partial charge in [-0.1, -0.05) is 6.08 Å². The lowest BCUT2D eigenvalue weighted by Crippen LogP contribution is -2.52. The van der Waals surface area contributed by atoms with Gasteiger partial charge in [0.1, 0.15) is 11.5 Å². The van der Waals surface area contributed by atoms with Crippen LogP contribution in [0.25, 0.3) is 27.7 Å². The van der Waals surface area contributed by atoms with Crippen LogP contribution in [-0.2, 0) is 11.3 Å². The van der Waals surface area contributed by atoms with Crippen molar-refractivity contribution in [3.63, 3.8) is 0 Å². The molecule has 2 aromatic heterocycles. The molecule has 1 amide bonds. The molecule has 1 aliphatic carbocycles. The van der Waals surface area contributed by atoms with E-state index >= 15 is 0 Å². The van der Waals surface area contributed by atoms with Gasteiger partial charge in [0.05, 0.1) is 12.6 Å². The van der Waals surface area contributed by atoms with Crippen molar-refractivity contribution < 1.29 is 14.3 Å². The minimum Gasteiger partial charge on any atom is -0.393 e. The zero-order valence-corrected chi connectivity index (χ0v) is 21.2. The lowest BCUT2D eigenvalue weighted by Gasteiger charge is -2.40. The van der Waals surface area contributed by atoms with Crippen LogP contribution in [-0.4, -0.2) is 75.7 Å². The van der Waals surface area contributed by atoms with E-state index in [4.69, 9.17) is 0 Å². The molecule has 2 bridgehead atoms. The fourth-order valence-electron chi connectivity index (χ4n) is 6.91. The Balaban J connectivity index is 1.22. The lowest BCUT2D eigenvalue weighted by atomic mass is 9.88. The van der Waals surface area contributed by atoms with Gasteiger partial charge in [-0.05, 0) is 67.5 Å². The summed E-state index contributed by atoms with van der Waals surface area (Å²) in [6, 6.07) is 7.73. The van der Waals surface area contributed by atoms with Crippen LogP contribution in [0.5, 0.6) is 0 Å². The number of aromatic amines is 1. The highest BCUT2D eigenvalue weighted by molar-refractivity contribution is 6.02. The molecule has 2 fully saturated rings. The first-order chi connectivity index (χ1) is 17.9. The average Bonchev–Trinajstić information content (AvgIpc) is 3.28. The van der Waals surface area contributed by atoms with Crippen molar-refractivity contribution in [3.05, 3.63) is 53.6 Å². The van der Waals surface area contributed by atoms with E-state index in [1.54, 1.807) is 12.3 Å². The van der Waals surface area contributed by atoms with Crippen molar-refractivity contribution in [2.24, 2.45) is 0 Å². The first-order valence-corrected chi connectivity index (χ1v) is 13.3. The van der Waals surface area contributed by atoms with E-state index < -0.39 is 0 Å². The number of aromatic nitrogens is 2. The number of aliphatic hydroxyl groups is 1. The van der Waals surface area contributed by atoms with Crippen LogP contribution in [0, 0.1) is 5.82 Å². The molecule has 4 aliphatic rings. The minimum absolute atomic E-state index is 0.142. The second kappa shape index (κ2) is 8.39. The van der Waals surface area contributed by atoms with Crippen molar-refractivity contribution in [3.8, 4) is 11.1 Å². The summed E-state index contributed by atoms with van der Waals surface area (Å²) in [5.74, 6) is -0.0973. The fourth-order valence-corrected chi connectivity index (χ4v) is 6.91. The smallest absolute Gasteiger partial charge is 0.236 e. The molecule has 2 N–H and O–H groups in total. The monoisotopic (exact) mass is 501 g/mol. The molecule has 7 nitrogen and oxygen atoms in total. The number of likely N-dealkylation sites (N-methyl/N-ethyl adjacent to an activating group) is 1. The van der Waals surface area contributed by atoms with E-state index in [0.29, 0.717) is 32.0 Å². The van der Waals surface area contributed by atoms with Gasteiger partial charge < -0.3 is 19.9 Å². The maximum Gasteiger partial charge on any atom is 0.236 e. The third kappa shape index (κ3) is 3.61. The third-order valence-corrected chi connectivity index (χ3v) is 9.06. The molecule has 0 radical (unpaired) electrons. The second-order valence-corrected chi connectivity index (χ2v) is 11.2. The molecule has 2 atom stereocenters. The number of fused-ring (bicyclic) bond motifs is 4. The summed E-state index contributed by atoms with van der Waals surface area (Å²) in [5, 5.41) is 10.7. The zero-order valence-electron chi connectivity index (χ0n) is 21.2. The van der Waals surface area contributed by atoms with Crippen LogP contribution in [0.4, 0.5) is 10.1 Å². The number of rotatable bonds is 4. The maximum atomic E-state index is 14.3. The first-order valence-electron chi connectivity index (χ1n) is 13.3. The van der Waals surface area contributed by atoms with Crippen LogP contribution < -0.4 is 4.90 Å². The van der Waals surface area contributed by atoms with Crippen LogP contribution in [0.2, 0.25) is 0 Å². The summed E-state index contributed by atoms with van der Waals surface area (Å²) >= 11 is 0. The summed E-state index contributed by atoms with van der Waals surface area (Å²) in [5.41, 5.74) is 7.37. The molecule has 192 valence electrons. The molecular formula is C29H32FN5O2. The number of carbonyl (C=O) groups excluding carboxylic acids is 1. The lowest BCUT2D eigenvalue weighted by molar-refractivity contribution is -0.137. The summed E-state index contributed by atoms with van der Waals surface area (Å²) < 4.78 is 14.3. The summed E-state index contributed by atoms with van der Waals surface area (Å²) in [6.07, 6.45) is 8.26. The second-order valence-electron chi connectivity index (χ2n) is 11.2. The van der Waals surface area contributed by atoms with Gasteiger partial charge >= 0.3 is 0 Å². The molecule has 5 heterocycles. The number of benzene rings is 1. The number of amides is 1. The van der Waals surface area contributed by atoms with Crippen LogP contribution in [0.3, 0.4) is 0 Å². The Morgan fingerprint density at radius 1 is 1.24 bits per heavy atom. The number of carbonyl (C=O) groups is 1. The van der Waals surface area contributed by atoms with Gasteiger partial charge in [0.15, 0.2) is 0 Å². The third-order valence-electron chi connectivity index (χ3n) is 9.06. The van der Waals surface area contributed by atoms with E-state index in [9.17, 15) is 14.3 Å². The van der Waals surface area contributed by atoms with Crippen molar-refractivity contribution >= 4 is 28.2 Å². The highest BCUT2D eigenvalue weighted by Gasteiger charge is 2.40. The largest absolute Gasteiger partial charge is 0.393 e. The predicted octanol–water partition coefficient (Wildman–Crippen LogP) is 3.92. The molecule has 0 spiro atoms.